The first-order valence-electron chi connectivity index (χ1n) is 13.8. The van der Waals surface area contributed by atoms with Crippen LogP contribution in [0.15, 0.2) is 46.8 Å². The van der Waals surface area contributed by atoms with Gasteiger partial charge in [-0.3, -0.25) is 19.5 Å². The van der Waals surface area contributed by atoms with E-state index in [1.54, 1.807) is 38.6 Å². The number of fused-ring (bicyclic) bond motifs is 2. The molecule has 11 heteroatoms. The van der Waals surface area contributed by atoms with Crippen molar-refractivity contribution in [2.75, 3.05) is 19.4 Å². The minimum absolute atomic E-state index is 0.0612. The Kier molecular flexibility index (Phi) is 7.76. The van der Waals surface area contributed by atoms with Gasteiger partial charge in [0.15, 0.2) is 0 Å². The summed E-state index contributed by atoms with van der Waals surface area (Å²) in [6.45, 7) is 5.82. The van der Waals surface area contributed by atoms with Crippen molar-refractivity contribution in [1.29, 1.82) is 0 Å². The minimum atomic E-state index is -1.10. The minimum Gasteiger partial charge on any atom is -0.389 e. The van der Waals surface area contributed by atoms with Gasteiger partial charge >= 0.3 is 5.69 Å². The maximum absolute atomic E-state index is 13.4. The molecule has 2 amide bonds. The Labute approximate surface area is 242 Å². The van der Waals surface area contributed by atoms with Gasteiger partial charge in [0, 0.05) is 31.9 Å². The van der Waals surface area contributed by atoms with Gasteiger partial charge in [0.05, 0.1) is 39.1 Å². The maximum Gasteiger partial charge on any atom is 0.326 e. The Morgan fingerprint density at radius 2 is 1.98 bits per heavy atom. The smallest absolute Gasteiger partial charge is 0.326 e. The number of anilines is 1. The van der Waals surface area contributed by atoms with Gasteiger partial charge in [0.25, 0.3) is 5.91 Å². The van der Waals surface area contributed by atoms with Crippen LogP contribution in [-0.4, -0.2) is 60.6 Å². The molecule has 1 aliphatic rings. The number of aliphatic hydroxyl groups is 1. The third-order valence-electron chi connectivity index (χ3n) is 7.22. The van der Waals surface area contributed by atoms with Crippen LogP contribution >= 0.6 is 11.3 Å². The van der Waals surface area contributed by atoms with Crippen molar-refractivity contribution in [1.82, 2.24) is 24.0 Å². The second kappa shape index (κ2) is 11.1. The average molecular weight is 577 g/mol. The second-order valence-electron chi connectivity index (χ2n) is 11.3. The number of nitrogens with one attached hydrogen (secondary N) is 2. The number of allylic oxidation sites excluding steroid dienone is 4. The molecule has 0 spiro atoms. The Bertz CT molecular complexity index is 1760. The number of amides is 2. The predicted molar refractivity (Wildman–Crippen MR) is 163 cm³/mol. The van der Waals surface area contributed by atoms with E-state index < -0.39 is 5.60 Å². The number of nitrogens with zero attached hydrogens (tertiary/aromatic N) is 4. The second-order valence-corrected chi connectivity index (χ2v) is 12.4. The van der Waals surface area contributed by atoms with Gasteiger partial charge in [0.2, 0.25) is 11.9 Å². The number of carbonyl (C=O) groups is 2. The van der Waals surface area contributed by atoms with Crippen LogP contribution in [0.4, 0.5) is 5.95 Å². The first-order valence-corrected chi connectivity index (χ1v) is 14.6. The van der Waals surface area contributed by atoms with Crippen LogP contribution in [0.5, 0.6) is 0 Å². The summed E-state index contributed by atoms with van der Waals surface area (Å²) in [5.41, 5.74) is 3.53. The molecule has 0 bridgehead atoms. The zero-order chi connectivity index (χ0) is 29.5. The van der Waals surface area contributed by atoms with E-state index in [2.05, 4.69) is 29.4 Å². The van der Waals surface area contributed by atoms with Crippen molar-refractivity contribution in [2.45, 2.75) is 65.1 Å². The number of rotatable bonds is 9. The summed E-state index contributed by atoms with van der Waals surface area (Å²) in [6.07, 6.45) is 7.73. The molecule has 1 aromatic carbocycles. The number of aromatic nitrogens is 4. The molecule has 0 radical (unpaired) electrons. The summed E-state index contributed by atoms with van der Waals surface area (Å²) < 4.78 is 3.29. The molecule has 4 aromatic rings. The van der Waals surface area contributed by atoms with Crippen LogP contribution in [0.2, 0.25) is 0 Å². The molecule has 0 aliphatic heterocycles. The van der Waals surface area contributed by atoms with Gasteiger partial charge in [-0.2, -0.15) is 0 Å². The summed E-state index contributed by atoms with van der Waals surface area (Å²) in [5, 5.41) is 13.3. The number of hydrogen-bond donors (Lipinski definition) is 3. The van der Waals surface area contributed by atoms with E-state index in [1.165, 1.54) is 26.4 Å². The SMILES string of the molecule is CCC1=CC(c2ccc(C(=O)Nc3nc4cc5[nH]c(=O)n(CC(C)(C)O)c5cc4n3CCC(=O)N(C)C)s2)=CCC1. The first kappa shape index (κ1) is 28.6. The van der Waals surface area contributed by atoms with E-state index in [0.29, 0.717) is 32.9 Å². The average Bonchev–Trinajstić information content (AvgIpc) is 3.61. The third kappa shape index (κ3) is 6.06. The highest BCUT2D eigenvalue weighted by Gasteiger charge is 2.22. The lowest BCUT2D eigenvalue weighted by Gasteiger charge is -2.17. The van der Waals surface area contributed by atoms with E-state index in [4.69, 9.17) is 4.98 Å². The monoisotopic (exact) mass is 576 g/mol. The van der Waals surface area contributed by atoms with Gasteiger partial charge in [-0.05, 0) is 62.9 Å². The fourth-order valence-corrected chi connectivity index (χ4v) is 5.98. The van der Waals surface area contributed by atoms with Crippen molar-refractivity contribution >= 4 is 56.7 Å². The Balaban J connectivity index is 1.51. The molecule has 0 atom stereocenters. The quantitative estimate of drug-likeness (QED) is 0.265. The Morgan fingerprint density at radius 1 is 1.20 bits per heavy atom. The van der Waals surface area contributed by atoms with Gasteiger partial charge in [0.1, 0.15) is 0 Å². The molecule has 41 heavy (non-hydrogen) atoms. The van der Waals surface area contributed by atoms with Crippen LogP contribution in [0, 0.1) is 0 Å². The molecule has 0 saturated carbocycles. The normalized spacial score (nSPS) is 13.9. The summed E-state index contributed by atoms with van der Waals surface area (Å²) in [4.78, 5) is 49.2. The van der Waals surface area contributed by atoms with Gasteiger partial charge in [-0.15, -0.1) is 11.3 Å². The summed E-state index contributed by atoms with van der Waals surface area (Å²) in [5.74, 6) is -0.0214. The van der Waals surface area contributed by atoms with E-state index in [0.717, 1.165) is 29.7 Å². The van der Waals surface area contributed by atoms with Crippen LogP contribution in [0.1, 0.15) is 61.0 Å². The fraction of sp³-hybridized carbons (Fsp3) is 0.400. The van der Waals surface area contributed by atoms with Gasteiger partial charge < -0.3 is 19.6 Å². The van der Waals surface area contributed by atoms with Gasteiger partial charge in [-0.25, -0.2) is 9.78 Å². The van der Waals surface area contributed by atoms with Crippen LogP contribution in [-0.2, 0) is 17.9 Å². The molecule has 3 N–H and O–H groups in total. The van der Waals surface area contributed by atoms with Crippen molar-refractivity contribution < 1.29 is 14.7 Å². The summed E-state index contributed by atoms with van der Waals surface area (Å²) in [6, 6.07) is 7.37. The number of benzene rings is 1. The first-order chi connectivity index (χ1) is 19.4. The number of thiophene rings is 1. The molecule has 3 heterocycles. The van der Waals surface area contributed by atoms with Gasteiger partial charge in [-0.1, -0.05) is 24.6 Å². The van der Waals surface area contributed by atoms with Crippen LogP contribution in [0.25, 0.3) is 27.6 Å². The molecule has 3 aromatic heterocycles. The standard InChI is InChI=1S/C30H36N6O4S/c1-6-18-8-7-9-19(14-18)24-10-11-25(41-24)27(38)33-28-31-20-15-21-23(36(29(39)32-21)17-30(2,3)40)16-22(20)35(28)13-12-26(37)34(4)5/h9-11,14-16,40H,6-8,12-13,17H2,1-5H3,(H,32,39)(H,31,33,38). The molecule has 216 valence electrons. The fourth-order valence-electron chi connectivity index (χ4n) is 5.07. The van der Waals surface area contributed by atoms with Crippen molar-refractivity contribution in [3.63, 3.8) is 0 Å². The highest BCUT2D eigenvalue weighted by atomic mass is 32.1. The van der Waals surface area contributed by atoms with Crippen LogP contribution in [0.3, 0.4) is 0 Å². The lowest BCUT2D eigenvalue weighted by Crippen LogP contribution is -2.31. The topological polar surface area (TPSA) is 125 Å². The molecular weight excluding hydrogens is 540 g/mol. The number of aryl methyl sites for hydroxylation is 1. The Hall–Kier alpha value is -3.96. The number of H-pyrrole nitrogens is 1. The highest BCUT2D eigenvalue weighted by molar-refractivity contribution is 7.15. The van der Waals surface area contributed by atoms with Crippen molar-refractivity contribution in [3.05, 3.63) is 62.2 Å². The maximum atomic E-state index is 13.4. The lowest BCUT2D eigenvalue weighted by atomic mass is 9.97. The summed E-state index contributed by atoms with van der Waals surface area (Å²) >= 11 is 1.44. The number of carbonyl (C=O) groups excluding carboxylic acids is 2. The molecular formula is C30H36N6O4S. The number of hydrogen-bond acceptors (Lipinski definition) is 6. The van der Waals surface area contributed by atoms with Crippen molar-refractivity contribution in [3.8, 4) is 0 Å². The molecule has 0 fully saturated rings. The van der Waals surface area contributed by atoms with E-state index in [9.17, 15) is 19.5 Å². The number of aromatic amines is 1. The molecule has 0 saturated heterocycles. The molecule has 10 nitrogen and oxygen atoms in total. The van der Waals surface area contributed by atoms with E-state index in [-0.39, 0.29) is 37.0 Å². The number of imidazole rings is 2. The molecule has 1 aliphatic carbocycles. The summed E-state index contributed by atoms with van der Waals surface area (Å²) in [7, 11) is 3.40. The zero-order valence-electron chi connectivity index (χ0n) is 24.1. The molecule has 5 rings (SSSR count). The van der Waals surface area contributed by atoms with E-state index >= 15 is 0 Å². The van der Waals surface area contributed by atoms with Crippen LogP contribution < -0.4 is 11.0 Å². The lowest BCUT2D eigenvalue weighted by molar-refractivity contribution is -0.128. The van der Waals surface area contributed by atoms with Crippen molar-refractivity contribution in [2.24, 2.45) is 0 Å². The highest BCUT2D eigenvalue weighted by Crippen LogP contribution is 2.32. The zero-order valence-corrected chi connectivity index (χ0v) is 24.9. The Morgan fingerprint density at radius 3 is 2.68 bits per heavy atom. The largest absolute Gasteiger partial charge is 0.389 e. The van der Waals surface area contributed by atoms with E-state index in [1.807, 2.05) is 18.2 Å². The molecule has 0 unspecified atom stereocenters. The third-order valence-corrected chi connectivity index (χ3v) is 8.35. The predicted octanol–water partition coefficient (Wildman–Crippen LogP) is 4.76.